The third-order valence-corrected chi connectivity index (χ3v) is 7.46. The number of nitrogens with one attached hydrogen (secondary N) is 1. The predicted octanol–water partition coefficient (Wildman–Crippen LogP) is 5.86. The Bertz CT molecular complexity index is 1520. The molecular formula is C30H27BrClN5O3. The lowest BCUT2D eigenvalue weighted by atomic mass is 9.93. The second-order valence-corrected chi connectivity index (χ2v) is 11.2. The second kappa shape index (κ2) is 11.7. The summed E-state index contributed by atoms with van der Waals surface area (Å²) in [6.07, 6.45) is -0.185. The van der Waals surface area contributed by atoms with Crippen LogP contribution in [0.5, 0.6) is 5.75 Å². The molecule has 10 heteroatoms. The number of aliphatic imine (C=N–C) groups is 1. The Hall–Kier alpha value is -3.87. The summed E-state index contributed by atoms with van der Waals surface area (Å²) in [6, 6.07) is 21.1. The van der Waals surface area contributed by atoms with E-state index < -0.39 is 12.1 Å². The third kappa shape index (κ3) is 5.69. The van der Waals surface area contributed by atoms with Crippen molar-refractivity contribution in [3.05, 3.63) is 98.5 Å². The van der Waals surface area contributed by atoms with E-state index in [4.69, 9.17) is 21.3 Å². The minimum Gasteiger partial charge on any atom is -0.490 e. The first-order valence-corrected chi connectivity index (χ1v) is 14.1. The van der Waals surface area contributed by atoms with Gasteiger partial charge in [0.1, 0.15) is 24.2 Å². The molecule has 0 unspecified atom stereocenters. The second-order valence-electron chi connectivity index (χ2n) is 9.86. The molecule has 0 radical (unpaired) electrons. The molecule has 1 fully saturated rings. The largest absolute Gasteiger partial charge is 0.490 e. The van der Waals surface area contributed by atoms with Gasteiger partial charge in [0.2, 0.25) is 5.91 Å². The minimum atomic E-state index is -0.540. The van der Waals surface area contributed by atoms with E-state index in [1.807, 2.05) is 56.3 Å². The number of halogens is 2. The lowest BCUT2D eigenvalue weighted by molar-refractivity contribution is -0.123. The molecule has 0 saturated carbocycles. The number of hydrogen-bond acceptors (Lipinski definition) is 5. The Labute approximate surface area is 246 Å². The van der Waals surface area contributed by atoms with Gasteiger partial charge in [0.15, 0.2) is 0 Å². The van der Waals surface area contributed by atoms with Crippen LogP contribution < -0.4 is 10.1 Å². The maximum Gasteiger partial charge on any atom is 0.326 e. The smallest absolute Gasteiger partial charge is 0.326 e. The van der Waals surface area contributed by atoms with Gasteiger partial charge in [0.25, 0.3) is 0 Å². The maximum atomic E-state index is 14.3. The highest BCUT2D eigenvalue weighted by atomic mass is 79.9. The van der Waals surface area contributed by atoms with Crippen molar-refractivity contribution >= 4 is 45.3 Å². The van der Waals surface area contributed by atoms with E-state index in [1.54, 1.807) is 29.2 Å². The number of nitrogens with zero attached hydrogens (tertiary/aromatic N) is 4. The molecule has 5 rings (SSSR count). The number of carbonyl (C=O) groups excluding carboxylic acids is 2. The monoisotopic (exact) mass is 619 g/mol. The molecule has 0 bridgehead atoms. The lowest BCUT2D eigenvalue weighted by Gasteiger charge is -2.36. The zero-order valence-electron chi connectivity index (χ0n) is 22.0. The topological polar surface area (TPSA) is 98.0 Å². The van der Waals surface area contributed by atoms with Crippen molar-refractivity contribution in [3.8, 4) is 11.8 Å². The van der Waals surface area contributed by atoms with Crippen LogP contribution in [-0.2, 0) is 4.79 Å². The number of ether oxygens (including phenoxy) is 1. The van der Waals surface area contributed by atoms with Crippen LogP contribution in [0.25, 0.3) is 0 Å². The van der Waals surface area contributed by atoms with Crippen molar-refractivity contribution in [2.45, 2.75) is 32.0 Å². The number of carbonyl (C=O) groups is 2. The van der Waals surface area contributed by atoms with Crippen molar-refractivity contribution in [1.82, 2.24) is 15.1 Å². The van der Waals surface area contributed by atoms with Crippen molar-refractivity contribution in [2.24, 2.45) is 4.99 Å². The molecule has 2 aliphatic rings. The van der Waals surface area contributed by atoms with E-state index in [0.29, 0.717) is 40.8 Å². The Morgan fingerprint density at radius 2 is 1.93 bits per heavy atom. The number of benzene rings is 3. The SMILES string of the molecule is CC(C)Oc1cc(C#N)ccc1C1=N[C@@H](c2cccc(Cl)c2)[C@@H](c2ccc(Br)cc2)N1C(=O)N1CCNC(=O)C1. The van der Waals surface area contributed by atoms with E-state index in [1.165, 1.54) is 4.90 Å². The summed E-state index contributed by atoms with van der Waals surface area (Å²) < 4.78 is 7.04. The number of urea groups is 1. The van der Waals surface area contributed by atoms with Crippen molar-refractivity contribution in [3.63, 3.8) is 0 Å². The van der Waals surface area contributed by atoms with Crippen LogP contribution in [-0.4, -0.2) is 53.3 Å². The van der Waals surface area contributed by atoms with Crippen LogP contribution in [0, 0.1) is 11.3 Å². The Balaban J connectivity index is 1.72. The van der Waals surface area contributed by atoms with E-state index >= 15 is 0 Å². The molecule has 3 aromatic carbocycles. The molecule has 3 aromatic rings. The number of piperazine rings is 1. The fraction of sp³-hybridized carbons (Fsp3) is 0.267. The summed E-state index contributed by atoms with van der Waals surface area (Å²) in [5.41, 5.74) is 2.71. The van der Waals surface area contributed by atoms with Crippen LogP contribution in [0.1, 0.15) is 48.2 Å². The van der Waals surface area contributed by atoms with Crippen molar-refractivity contribution in [1.29, 1.82) is 5.26 Å². The van der Waals surface area contributed by atoms with Crippen molar-refractivity contribution < 1.29 is 14.3 Å². The summed E-state index contributed by atoms with van der Waals surface area (Å²) in [6.45, 7) is 4.47. The van der Waals surface area contributed by atoms with Gasteiger partial charge in [0, 0.05) is 22.6 Å². The maximum absolute atomic E-state index is 14.3. The summed E-state index contributed by atoms with van der Waals surface area (Å²) in [5.74, 6) is 0.628. The molecule has 2 aliphatic heterocycles. The number of nitriles is 1. The van der Waals surface area contributed by atoms with Gasteiger partial charge in [-0.25, -0.2) is 4.79 Å². The molecule has 0 spiro atoms. The first kappa shape index (κ1) is 27.7. The normalized spacial score (nSPS) is 18.8. The summed E-state index contributed by atoms with van der Waals surface area (Å²) in [5, 5.41) is 12.9. The molecule has 40 heavy (non-hydrogen) atoms. The first-order chi connectivity index (χ1) is 19.2. The van der Waals surface area contributed by atoms with Crippen LogP contribution in [0.3, 0.4) is 0 Å². The van der Waals surface area contributed by atoms with Crippen LogP contribution in [0.15, 0.2) is 76.2 Å². The number of rotatable bonds is 5. The molecule has 0 aromatic heterocycles. The van der Waals surface area contributed by atoms with Crippen LogP contribution >= 0.6 is 27.5 Å². The lowest BCUT2D eigenvalue weighted by Crippen LogP contribution is -2.55. The molecule has 1 N–H and O–H groups in total. The highest BCUT2D eigenvalue weighted by Crippen LogP contribution is 2.45. The zero-order chi connectivity index (χ0) is 28.4. The predicted molar refractivity (Wildman–Crippen MR) is 156 cm³/mol. The Morgan fingerprint density at radius 1 is 1.15 bits per heavy atom. The van der Waals surface area contributed by atoms with E-state index in [0.717, 1.165) is 15.6 Å². The number of amides is 3. The molecule has 8 nitrogen and oxygen atoms in total. The van der Waals surface area contributed by atoms with Crippen molar-refractivity contribution in [2.75, 3.05) is 19.6 Å². The van der Waals surface area contributed by atoms with Gasteiger partial charge in [-0.2, -0.15) is 5.26 Å². The van der Waals surface area contributed by atoms with E-state index in [9.17, 15) is 14.9 Å². The molecule has 204 valence electrons. The quantitative estimate of drug-likeness (QED) is 0.387. The van der Waals surface area contributed by atoms with Gasteiger partial charge in [-0.05, 0) is 67.4 Å². The average molecular weight is 621 g/mol. The molecule has 2 heterocycles. The van der Waals surface area contributed by atoms with Gasteiger partial charge < -0.3 is 15.0 Å². The average Bonchev–Trinajstić information content (AvgIpc) is 3.33. The standard InChI is InChI=1S/C30H27BrClN5O3/c1-18(2)40-25-14-19(16-33)6-11-24(25)29-35-27(21-4-3-5-23(32)15-21)28(20-7-9-22(31)10-8-20)37(29)30(39)36-13-12-34-26(38)17-36/h3-11,14-15,18,27-28H,12-13,17H2,1-2H3,(H,34,38)/t27-,28+/m0/s1. The molecular weight excluding hydrogens is 594 g/mol. The number of hydrogen-bond donors (Lipinski definition) is 1. The van der Waals surface area contributed by atoms with E-state index in [2.05, 4.69) is 27.3 Å². The summed E-state index contributed by atoms with van der Waals surface area (Å²) in [4.78, 5) is 35.0. The van der Waals surface area contributed by atoms with Gasteiger partial charge in [-0.1, -0.05) is 51.8 Å². The van der Waals surface area contributed by atoms with Gasteiger partial charge in [0.05, 0.1) is 29.3 Å². The minimum absolute atomic E-state index is 0.0553. The summed E-state index contributed by atoms with van der Waals surface area (Å²) >= 11 is 9.91. The van der Waals surface area contributed by atoms with E-state index in [-0.39, 0.29) is 24.6 Å². The fourth-order valence-corrected chi connectivity index (χ4v) is 5.43. The van der Waals surface area contributed by atoms with Gasteiger partial charge in [-0.3, -0.25) is 14.7 Å². The molecule has 3 amide bonds. The highest BCUT2D eigenvalue weighted by molar-refractivity contribution is 9.10. The third-order valence-electron chi connectivity index (χ3n) is 6.70. The first-order valence-electron chi connectivity index (χ1n) is 12.9. The van der Waals surface area contributed by atoms with Gasteiger partial charge >= 0.3 is 6.03 Å². The highest BCUT2D eigenvalue weighted by Gasteiger charge is 2.45. The Kier molecular flexibility index (Phi) is 8.10. The number of amidine groups is 1. The zero-order valence-corrected chi connectivity index (χ0v) is 24.3. The Morgan fingerprint density at radius 3 is 2.60 bits per heavy atom. The van der Waals surface area contributed by atoms with Crippen LogP contribution in [0.2, 0.25) is 5.02 Å². The van der Waals surface area contributed by atoms with Crippen LogP contribution in [0.4, 0.5) is 4.79 Å². The molecule has 2 atom stereocenters. The van der Waals surface area contributed by atoms with Gasteiger partial charge in [-0.15, -0.1) is 0 Å². The summed E-state index contributed by atoms with van der Waals surface area (Å²) in [7, 11) is 0. The fourth-order valence-electron chi connectivity index (χ4n) is 4.97. The molecule has 1 saturated heterocycles. The molecule has 0 aliphatic carbocycles.